The lowest BCUT2D eigenvalue weighted by atomic mass is 9.98. The van der Waals surface area contributed by atoms with Gasteiger partial charge in [0.25, 0.3) is 5.91 Å². The lowest BCUT2D eigenvalue weighted by Crippen LogP contribution is -2.36. The molecule has 0 spiro atoms. The van der Waals surface area contributed by atoms with Gasteiger partial charge < -0.3 is 19.8 Å². The number of nitrogens with zero attached hydrogens (tertiary/aromatic N) is 1. The van der Waals surface area contributed by atoms with Gasteiger partial charge in [0.1, 0.15) is 5.82 Å². The van der Waals surface area contributed by atoms with Gasteiger partial charge in [0.05, 0.1) is 24.2 Å². The Kier molecular flexibility index (Phi) is 6.72. The summed E-state index contributed by atoms with van der Waals surface area (Å²) in [6, 6.07) is 12.4. The molecule has 2 aromatic carbocycles. The van der Waals surface area contributed by atoms with Gasteiger partial charge >= 0.3 is 0 Å². The molecular formula is C23H27N3O4. The Bertz CT molecular complexity index is 1010. The van der Waals surface area contributed by atoms with Crippen LogP contribution in [0.3, 0.4) is 0 Å². The van der Waals surface area contributed by atoms with Gasteiger partial charge in [-0.15, -0.1) is 0 Å². The number of Topliss-reactive ketones (excluding diaryl/α,β-unsaturated/α-hetero) is 1. The molecule has 2 N–H and O–H groups in total. The molecule has 2 atom stereocenters. The Morgan fingerprint density at radius 2 is 1.93 bits per heavy atom. The quantitative estimate of drug-likeness (QED) is 0.520. The van der Waals surface area contributed by atoms with Crippen LogP contribution >= 0.6 is 0 Å². The van der Waals surface area contributed by atoms with E-state index in [9.17, 15) is 9.59 Å². The second kappa shape index (κ2) is 9.43. The van der Waals surface area contributed by atoms with Gasteiger partial charge in [-0.2, -0.15) is 0 Å². The molecule has 0 saturated heterocycles. The zero-order valence-corrected chi connectivity index (χ0v) is 17.7. The lowest BCUT2D eigenvalue weighted by molar-refractivity contribution is -0.124. The molecule has 7 heteroatoms. The van der Waals surface area contributed by atoms with Crippen molar-refractivity contribution in [2.24, 2.45) is 5.92 Å². The minimum absolute atomic E-state index is 0.0696. The number of aromatic amines is 1. The molecule has 158 valence electrons. The number of carbonyl (C=O) groups is 2. The highest BCUT2D eigenvalue weighted by Crippen LogP contribution is 2.28. The minimum atomic E-state index is -0.265. The molecule has 0 aliphatic rings. The summed E-state index contributed by atoms with van der Waals surface area (Å²) in [7, 11) is 1.49. The van der Waals surface area contributed by atoms with E-state index in [-0.39, 0.29) is 30.3 Å². The number of H-pyrrole nitrogens is 1. The molecule has 2 unspecified atom stereocenters. The standard InChI is InChI=1S/C23H27N3O4/c1-5-14(2)22(23-24-17-8-6-7-9-18(17)25-23)26-21(28)13-30-19-11-10-16(15(3)27)12-20(19)29-4/h6-12,14,22H,5,13H2,1-4H3,(H,24,25)(H,26,28). The van der Waals surface area contributed by atoms with E-state index in [1.165, 1.54) is 14.0 Å². The number of ketones is 1. The number of methoxy groups -OCH3 is 1. The van der Waals surface area contributed by atoms with Crippen molar-refractivity contribution in [1.82, 2.24) is 15.3 Å². The van der Waals surface area contributed by atoms with Crippen LogP contribution in [0.25, 0.3) is 11.0 Å². The van der Waals surface area contributed by atoms with Gasteiger partial charge in [-0.25, -0.2) is 4.98 Å². The summed E-state index contributed by atoms with van der Waals surface area (Å²) in [5.41, 5.74) is 2.31. The number of fused-ring (bicyclic) bond motifs is 1. The molecule has 1 heterocycles. The maximum absolute atomic E-state index is 12.6. The highest BCUT2D eigenvalue weighted by molar-refractivity contribution is 5.94. The largest absolute Gasteiger partial charge is 0.493 e. The van der Waals surface area contributed by atoms with Crippen molar-refractivity contribution >= 4 is 22.7 Å². The molecule has 1 amide bonds. The predicted molar refractivity (Wildman–Crippen MR) is 115 cm³/mol. The summed E-state index contributed by atoms with van der Waals surface area (Å²) < 4.78 is 10.9. The number of hydrogen-bond donors (Lipinski definition) is 2. The van der Waals surface area contributed by atoms with E-state index in [0.717, 1.165) is 23.3 Å². The summed E-state index contributed by atoms with van der Waals surface area (Å²) in [5, 5.41) is 3.03. The van der Waals surface area contributed by atoms with Crippen molar-refractivity contribution < 1.29 is 19.1 Å². The van der Waals surface area contributed by atoms with Crippen LogP contribution in [-0.2, 0) is 4.79 Å². The Hall–Kier alpha value is -3.35. The van der Waals surface area contributed by atoms with Crippen molar-refractivity contribution in [3.63, 3.8) is 0 Å². The van der Waals surface area contributed by atoms with Crippen molar-refractivity contribution in [1.29, 1.82) is 0 Å². The van der Waals surface area contributed by atoms with Crippen LogP contribution < -0.4 is 14.8 Å². The SMILES string of the molecule is CCC(C)C(NC(=O)COc1ccc(C(C)=O)cc1OC)c1nc2ccccc2[nH]1. The van der Waals surface area contributed by atoms with Crippen LogP contribution in [0.4, 0.5) is 0 Å². The van der Waals surface area contributed by atoms with E-state index >= 15 is 0 Å². The third-order valence-electron chi connectivity index (χ3n) is 5.16. The van der Waals surface area contributed by atoms with E-state index in [0.29, 0.717) is 17.1 Å². The van der Waals surface area contributed by atoms with Gasteiger partial charge in [0.15, 0.2) is 23.9 Å². The van der Waals surface area contributed by atoms with Gasteiger partial charge in [-0.05, 0) is 43.2 Å². The number of rotatable bonds is 9. The van der Waals surface area contributed by atoms with Gasteiger partial charge in [-0.3, -0.25) is 9.59 Å². The normalized spacial score (nSPS) is 12.9. The summed E-state index contributed by atoms with van der Waals surface area (Å²) in [5.74, 6) is 1.38. The van der Waals surface area contributed by atoms with Gasteiger partial charge in [0, 0.05) is 5.56 Å². The van der Waals surface area contributed by atoms with Crippen LogP contribution in [0.2, 0.25) is 0 Å². The first-order valence-corrected chi connectivity index (χ1v) is 9.98. The van der Waals surface area contributed by atoms with Crippen LogP contribution in [0, 0.1) is 5.92 Å². The Morgan fingerprint density at radius 3 is 2.60 bits per heavy atom. The Morgan fingerprint density at radius 1 is 1.17 bits per heavy atom. The summed E-state index contributed by atoms with van der Waals surface area (Å²) >= 11 is 0. The second-order valence-electron chi connectivity index (χ2n) is 7.28. The monoisotopic (exact) mass is 409 g/mol. The fourth-order valence-corrected chi connectivity index (χ4v) is 3.20. The average Bonchev–Trinajstić information content (AvgIpc) is 3.19. The first kappa shape index (κ1) is 21.4. The van der Waals surface area contributed by atoms with Gasteiger partial charge in [-0.1, -0.05) is 32.4 Å². The zero-order chi connectivity index (χ0) is 21.7. The molecule has 0 aliphatic heterocycles. The fourth-order valence-electron chi connectivity index (χ4n) is 3.20. The van der Waals surface area contributed by atoms with Crippen molar-refractivity contribution in [3.8, 4) is 11.5 Å². The number of aromatic nitrogens is 2. The second-order valence-corrected chi connectivity index (χ2v) is 7.28. The number of benzene rings is 2. The molecular weight excluding hydrogens is 382 g/mol. The van der Waals surface area contributed by atoms with Crippen molar-refractivity contribution in [2.75, 3.05) is 13.7 Å². The molecule has 1 aromatic heterocycles. The third kappa shape index (κ3) is 4.79. The maximum atomic E-state index is 12.6. The number of amides is 1. The number of imidazole rings is 1. The smallest absolute Gasteiger partial charge is 0.258 e. The number of nitrogens with one attached hydrogen (secondary N) is 2. The van der Waals surface area contributed by atoms with E-state index in [2.05, 4.69) is 29.1 Å². The van der Waals surface area contributed by atoms with Gasteiger partial charge in [0.2, 0.25) is 0 Å². The first-order valence-electron chi connectivity index (χ1n) is 9.98. The summed E-state index contributed by atoms with van der Waals surface area (Å²) in [6.07, 6.45) is 0.878. The van der Waals surface area contributed by atoms with Crippen LogP contribution in [0.15, 0.2) is 42.5 Å². The Labute approximate surface area is 175 Å². The summed E-state index contributed by atoms with van der Waals surface area (Å²) in [4.78, 5) is 32.1. The third-order valence-corrected chi connectivity index (χ3v) is 5.16. The number of ether oxygens (including phenoxy) is 2. The van der Waals surface area contributed by atoms with Crippen molar-refractivity contribution in [2.45, 2.75) is 33.2 Å². The highest BCUT2D eigenvalue weighted by atomic mass is 16.5. The minimum Gasteiger partial charge on any atom is -0.493 e. The number of carbonyl (C=O) groups excluding carboxylic acids is 2. The molecule has 7 nitrogen and oxygen atoms in total. The topological polar surface area (TPSA) is 93.3 Å². The van der Waals surface area contributed by atoms with E-state index in [1.54, 1.807) is 18.2 Å². The number of para-hydroxylation sites is 2. The average molecular weight is 409 g/mol. The Balaban J connectivity index is 1.71. The summed E-state index contributed by atoms with van der Waals surface area (Å²) in [6.45, 7) is 5.45. The lowest BCUT2D eigenvalue weighted by Gasteiger charge is -2.22. The first-order chi connectivity index (χ1) is 14.4. The van der Waals surface area contributed by atoms with Crippen molar-refractivity contribution in [3.05, 3.63) is 53.9 Å². The fraction of sp³-hybridized carbons (Fsp3) is 0.348. The van der Waals surface area contributed by atoms with E-state index in [1.807, 2.05) is 24.3 Å². The van der Waals surface area contributed by atoms with Crippen LogP contribution in [-0.4, -0.2) is 35.4 Å². The van der Waals surface area contributed by atoms with E-state index < -0.39 is 0 Å². The van der Waals surface area contributed by atoms with E-state index in [4.69, 9.17) is 9.47 Å². The molecule has 30 heavy (non-hydrogen) atoms. The molecule has 0 fully saturated rings. The zero-order valence-electron chi connectivity index (χ0n) is 17.7. The number of hydrogen-bond acceptors (Lipinski definition) is 5. The molecule has 0 saturated carbocycles. The predicted octanol–water partition coefficient (Wildman–Crippen LogP) is 4.06. The molecule has 3 rings (SSSR count). The molecule has 0 bridgehead atoms. The maximum Gasteiger partial charge on any atom is 0.258 e. The van der Waals surface area contributed by atoms with Crippen LogP contribution in [0.5, 0.6) is 11.5 Å². The highest BCUT2D eigenvalue weighted by Gasteiger charge is 2.24. The molecule has 3 aromatic rings. The van der Waals surface area contributed by atoms with Crippen LogP contribution in [0.1, 0.15) is 49.4 Å². The molecule has 0 radical (unpaired) electrons. The molecule has 0 aliphatic carbocycles.